The van der Waals surface area contributed by atoms with Crippen LogP contribution in [0.1, 0.15) is 69.5 Å². The van der Waals surface area contributed by atoms with Crippen LogP contribution in [0.2, 0.25) is 0 Å². The third-order valence-corrected chi connectivity index (χ3v) is 17.5. The van der Waals surface area contributed by atoms with E-state index in [-0.39, 0.29) is 5.41 Å². The molecule has 73 heavy (non-hydrogen) atoms. The number of benzene rings is 11. The molecule has 1 spiro atoms. The van der Waals surface area contributed by atoms with E-state index in [4.69, 9.17) is 0 Å². The molecule has 0 fully saturated rings. The molecule has 2 heterocycles. The maximum Gasteiger partial charge on any atom is 0.0755 e. The van der Waals surface area contributed by atoms with Crippen molar-refractivity contribution >= 4 is 38.9 Å². The zero-order valence-electron chi connectivity index (χ0n) is 40.6. The van der Waals surface area contributed by atoms with Crippen LogP contribution in [0.4, 0.5) is 17.1 Å². The average molecular weight is 929 g/mol. The third kappa shape index (κ3) is 5.03. The predicted octanol–water partition coefficient (Wildman–Crippen LogP) is 17.6. The highest BCUT2D eigenvalue weighted by molar-refractivity contribution is 6.13. The van der Waals surface area contributed by atoms with Gasteiger partial charge in [0.25, 0.3) is 0 Å². The fourth-order valence-electron chi connectivity index (χ4n) is 14.6. The van der Waals surface area contributed by atoms with Crippen LogP contribution in [0.25, 0.3) is 60.9 Å². The fraction of sp³-hybridized carbons (Fsp3) is 0.0704. The lowest BCUT2D eigenvalue weighted by Gasteiger charge is -2.40. The molecule has 342 valence electrons. The van der Waals surface area contributed by atoms with Crippen LogP contribution in [-0.2, 0) is 16.2 Å². The molecular formula is C71H48N2. The van der Waals surface area contributed by atoms with Gasteiger partial charge in [-0.3, -0.25) is 0 Å². The molecule has 0 radical (unpaired) electrons. The van der Waals surface area contributed by atoms with E-state index in [1.54, 1.807) is 0 Å². The first-order valence-electron chi connectivity index (χ1n) is 25.8. The standard InChI is InChI=1S/C71H48N2/c1-69(2)56-28-11-9-26-55(56)67-61(69)33-19-37-66(67)72(47-40-38-46(39-41-47)70(45-20-4-3-5-21-45)57-29-12-6-22-49(57)50-23-7-13-30-58(50)70)48-42-43-52-51-24-8-14-31-59(51)71(63(52)44-48)60-32-15-17-36-65(60)73-64-35-16-10-25-53(64)54-27-18-34-62(71)68(54)73/h3-44H,1-2H3. The summed E-state index contributed by atoms with van der Waals surface area (Å²) in [5, 5.41) is 2.56. The van der Waals surface area contributed by atoms with Gasteiger partial charge in [-0.1, -0.05) is 226 Å². The van der Waals surface area contributed by atoms with Gasteiger partial charge in [0.05, 0.1) is 33.2 Å². The number of hydrogen-bond donors (Lipinski definition) is 0. The predicted molar refractivity (Wildman–Crippen MR) is 301 cm³/mol. The van der Waals surface area contributed by atoms with Gasteiger partial charge >= 0.3 is 0 Å². The average Bonchev–Trinajstić information content (AvgIpc) is 4.12. The number of hydrogen-bond acceptors (Lipinski definition) is 1. The highest BCUT2D eigenvalue weighted by Crippen LogP contribution is 2.63. The number of aromatic nitrogens is 1. The van der Waals surface area contributed by atoms with E-state index in [0.29, 0.717) is 0 Å². The highest BCUT2D eigenvalue weighted by atomic mass is 15.1. The lowest BCUT2D eigenvalue weighted by Crippen LogP contribution is -2.33. The summed E-state index contributed by atoms with van der Waals surface area (Å²) < 4.78 is 2.54. The van der Waals surface area contributed by atoms with Crippen LogP contribution >= 0.6 is 0 Å². The van der Waals surface area contributed by atoms with E-state index in [1.807, 2.05) is 0 Å². The van der Waals surface area contributed by atoms with Crippen molar-refractivity contribution in [3.63, 3.8) is 0 Å². The van der Waals surface area contributed by atoms with Crippen LogP contribution < -0.4 is 4.90 Å². The van der Waals surface area contributed by atoms with E-state index < -0.39 is 10.8 Å². The smallest absolute Gasteiger partial charge is 0.0755 e. The topological polar surface area (TPSA) is 8.17 Å². The van der Waals surface area contributed by atoms with Gasteiger partial charge in [-0.05, 0) is 126 Å². The van der Waals surface area contributed by atoms with Gasteiger partial charge < -0.3 is 9.47 Å². The Bertz CT molecular complexity index is 4260. The van der Waals surface area contributed by atoms with Crippen LogP contribution in [0.3, 0.4) is 0 Å². The van der Waals surface area contributed by atoms with Gasteiger partial charge in [0.1, 0.15) is 0 Å². The fourth-order valence-corrected chi connectivity index (χ4v) is 14.6. The summed E-state index contributed by atoms with van der Waals surface area (Å²) in [5.74, 6) is 0. The van der Waals surface area contributed by atoms with Crippen molar-refractivity contribution in [2.45, 2.75) is 30.1 Å². The Kier molecular flexibility index (Phi) is 8.12. The van der Waals surface area contributed by atoms with Gasteiger partial charge in [-0.15, -0.1) is 0 Å². The molecule has 1 unspecified atom stereocenters. The van der Waals surface area contributed by atoms with Gasteiger partial charge in [0.2, 0.25) is 0 Å². The van der Waals surface area contributed by atoms with Crippen LogP contribution in [0.5, 0.6) is 0 Å². The SMILES string of the molecule is CC1(C)c2ccccc2-c2c(N(c3ccc(C4(c5ccccc5)c5ccccc5-c5ccccc54)cc3)c3ccc4c(c3)C3(c5ccccc5-4)c4ccccc4-n4c5ccccc5c5cccc3c54)cccc21. The first-order chi connectivity index (χ1) is 36.0. The van der Waals surface area contributed by atoms with Gasteiger partial charge in [-0.25, -0.2) is 0 Å². The van der Waals surface area contributed by atoms with E-state index in [2.05, 4.69) is 278 Å². The van der Waals surface area contributed by atoms with Crippen molar-refractivity contribution in [3.05, 3.63) is 310 Å². The van der Waals surface area contributed by atoms with Crippen molar-refractivity contribution in [1.29, 1.82) is 0 Å². The Balaban J connectivity index is 0.975. The van der Waals surface area contributed by atoms with Crippen molar-refractivity contribution in [1.82, 2.24) is 4.57 Å². The van der Waals surface area contributed by atoms with Crippen molar-refractivity contribution in [2.24, 2.45) is 0 Å². The van der Waals surface area contributed by atoms with Gasteiger partial charge in [-0.2, -0.15) is 0 Å². The Morgan fingerprint density at radius 2 is 0.836 bits per heavy atom. The minimum absolute atomic E-state index is 0.171. The Morgan fingerprint density at radius 1 is 0.329 bits per heavy atom. The summed E-state index contributed by atoms with van der Waals surface area (Å²) in [6, 6.07) is 96.6. The number of nitrogens with zero attached hydrogens (tertiary/aromatic N) is 2. The maximum atomic E-state index is 2.57. The molecule has 0 amide bonds. The van der Waals surface area contributed by atoms with Crippen LogP contribution in [0.15, 0.2) is 255 Å². The molecule has 2 nitrogen and oxygen atoms in total. The van der Waals surface area contributed by atoms with E-state index >= 15 is 0 Å². The van der Waals surface area contributed by atoms with E-state index in [1.165, 1.54) is 122 Å². The minimum Gasteiger partial charge on any atom is -0.310 e. The number of rotatable bonds is 5. The summed E-state index contributed by atoms with van der Waals surface area (Å²) in [6.45, 7) is 4.77. The van der Waals surface area contributed by atoms with E-state index in [9.17, 15) is 0 Å². The van der Waals surface area contributed by atoms with Gasteiger partial charge in [0.15, 0.2) is 0 Å². The van der Waals surface area contributed by atoms with Crippen molar-refractivity contribution in [2.75, 3.05) is 4.90 Å². The zero-order valence-corrected chi connectivity index (χ0v) is 40.6. The summed E-state index contributed by atoms with van der Waals surface area (Å²) in [5.41, 5.74) is 26.8. The summed E-state index contributed by atoms with van der Waals surface area (Å²) >= 11 is 0. The van der Waals surface area contributed by atoms with Gasteiger partial charge in [0, 0.05) is 33.1 Å². The first kappa shape index (κ1) is 40.7. The molecule has 0 saturated heterocycles. The molecular weight excluding hydrogens is 881 g/mol. The maximum absolute atomic E-state index is 2.57. The number of fused-ring (bicyclic) bond motifs is 18. The normalized spacial score (nSPS) is 16.4. The largest absolute Gasteiger partial charge is 0.310 e. The quantitative estimate of drug-likeness (QED) is 0.167. The molecule has 0 bridgehead atoms. The Hall–Kier alpha value is -8.98. The summed E-state index contributed by atoms with van der Waals surface area (Å²) in [7, 11) is 0. The number of anilines is 3. The highest BCUT2D eigenvalue weighted by Gasteiger charge is 2.52. The Morgan fingerprint density at radius 3 is 1.56 bits per heavy atom. The number of para-hydroxylation sites is 3. The molecule has 1 atom stereocenters. The lowest BCUT2D eigenvalue weighted by atomic mass is 9.65. The van der Waals surface area contributed by atoms with Crippen molar-refractivity contribution < 1.29 is 0 Å². The molecule has 16 rings (SSSR count). The molecule has 1 aromatic heterocycles. The monoisotopic (exact) mass is 928 g/mol. The second-order valence-corrected chi connectivity index (χ2v) is 21.1. The molecule has 2 heteroatoms. The minimum atomic E-state index is -0.587. The second-order valence-electron chi connectivity index (χ2n) is 21.1. The Labute approximate surface area is 425 Å². The van der Waals surface area contributed by atoms with Crippen LogP contribution in [-0.4, -0.2) is 4.57 Å². The van der Waals surface area contributed by atoms with Crippen molar-refractivity contribution in [3.8, 4) is 39.1 Å². The molecule has 3 aliphatic carbocycles. The van der Waals surface area contributed by atoms with E-state index in [0.717, 1.165) is 11.4 Å². The third-order valence-electron chi connectivity index (χ3n) is 17.5. The molecule has 12 aromatic rings. The first-order valence-corrected chi connectivity index (χ1v) is 25.8. The molecule has 1 aliphatic heterocycles. The summed E-state index contributed by atoms with van der Waals surface area (Å²) in [6.07, 6.45) is 0. The zero-order chi connectivity index (χ0) is 48.2. The summed E-state index contributed by atoms with van der Waals surface area (Å²) in [4.78, 5) is 2.57. The molecule has 0 saturated carbocycles. The molecule has 4 aliphatic rings. The molecule has 11 aromatic carbocycles. The van der Waals surface area contributed by atoms with Crippen LogP contribution in [0, 0.1) is 0 Å². The lowest BCUT2D eigenvalue weighted by molar-refractivity contribution is 0.660. The second kappa shape index (κ2) is 14.6. The molecule has 0 N–H and O–H groups in total.